The summed E-state index contributed by atoms with van der Waals surface area (Å²) >= 11 is 3.25. The zero-order chi connectivity index (χ0) is 9.26. The number of rotatable bonds is 1. The van der Waals surface area contributed by atoms with Crippen molar-refractivity contribution in [3.63, 3.8) is 0 Å². The van der Waals surface area contributed by atoms with Crippen molar-refractivity contribution in [3.05, 3.63) is 35.3 Å². The third-order valence-corrected chi connectivity index (χ3v) is 2.10. The van der Waals surface area contributed by atoms with Gasteiger partial charge in [0, 0.05) is 4.47 Å². The minimum atomic E-state index is 0.167. The van der Waals surface area contributed by atoms with Crippen LogP contribution in [0.15, 0.2) is 35.3 Å². The lowest BCUT2D eigenvalue weighted by molar-refractivity contribution is 0.470. The number of aromatic nitrogens is 3. The first-order chi connectivity index (χ1) is 6.27. The molecule has 0 unspecified atom stereocenters. The molecule has 0 aliphatic carbocycles. The van der Waals surface area contributed by atoms with E-state index in [1.165, 1.54) is 17.3 Å². The predicted octanol–water partition coefficient (Wildman–Crippen LogP) is 1.74. The molecule has 5 heteroatoms. The minimum Gasteiger partial charge on any atom is -0.506 e. The van der Waals surface area contributed by atoms with Crippen molar-refractivity contribution in [2.45, 2.75) is 0 Å². The molecule has 1 aromatic carbocycles. The van der Waals surface area contributed by atoms with Crippen molar-refractivity contribution in [2.24, 2.45) is 0 Å². The number of phenols is 1. The Labute approximate surface area is 83.0 Å². The standard InChI is InChI=1S/C8H6BrN3O/c9-6-1-2-7(8(13)3-6)12-5-10-4-11-12/h1-5,13H. The van der Waals surface area contributed by atoms with E-state index in [1.54, 1.807) is 12.1 Å². The van der Waals surface area contributed by atoms with Gasteiger partial charge in [-0.05, 0) is 18.2 Å². The second-order valence-electron chi connectivity index (χ2n) is 2.47. The van der Waals surface area contributed by atoms with E-state index in [4.69, 9.17) is 0 Å². The van der Waals surface area contributed by atoms with Crippen LogP contribution < -0.4 is 0 Å². The van der Waals surface area contributed by atoms with Crippen molar-refractivity contribution in [1.82, 2.24) is 14.8 Å². The van der Waals surface area contributed by atoms with E-state index in [1.807, 2.05) is 6.07 Å². The molecule has 0 saturated carbocycles. The van der Waals surface area contributed by atoms with Crippen LogP contribution >= 0.6 is 15.9 Å². The summed E-state index contributed by atoms with van der Waals surface area (Å²) in [5.74, 6) is 0.167. The number of halogens is 1. The zero-order valence-electron chi connectivity index (χ0n) is 6.55. The maximum Gasteiger partial charge on any atom is 0.142 e. The highest BCUT2D eigenvalue weighted by atomic mass is 79.9. The molecule has 0 amide bonds. The number of hydrogen-bond donors (Lipinski definition) is 1. The molecule has 2 aromatic rings. The van der Waals surface area contributed by atoms with Crippen LogP contribution in [0.4, 0.5) is 0 Å². The van der Waals surface area contributed by atoms with E-state index in [2.05, 4.69) is 26.0 Å². The van der Waals surface area contributed by atoms with Crippen molar-refractivity contribution in [1.29, 1.82) is 0 Å². The molecule has 0 bridgehead atoms. The summed E-state index contributed by atoms with van der Waals surface area (Å²) in [4.78, 5) is 3.79. The Balaban J connectivity index is 2.53. The topological polar surface area (TPSA) is 50.9 Å². The van der Waals surface area contributed by atoms with Crippen LogP contribution in [0.3, 0.4) is 0 Å². The molecule has 66 valence electrons. The summed E-state index contributed by atoms with van der Waals surface area (Å²) in [6, 6.07) is 5.20. The van der Waals surface area contributed by atoms with Gasteiger partial charge >= 0.3 is 0 Å². The molecule has 13 heavy (non-hydrogen) atoms. The average molecular weight is 240 g/mol. The van der Waals surface area contributed by atoms with Crippen LogP contribution in [0.1, 0.15) is 0 Å². The Morgan fingerprint density at radius 3 is 2.85 bits per heavy atom. The van der Waals surface area contributed by atoms with Crippen molar-refractivity contribution >= 4 is 15.9 Å². The molecule has 0 radical (unpaired) electrons. The zero-order valence-corrected chi connectivity index (χ0v) is 8.14. The second-order valence-corrected chi connectivity index (χ2v) is 3.39. The molecule has 1 heterocycles. The van der Waals surface area contributed by atoms with E-state index >= 15 is 0 Å². The third-order valence-electron chi connectivity index (χ3n) is 1.60. The SMILES string of the molecule is Oc1cc(Br)ccc1-n1cncn1. The lowest BCUT2D eigenvalue weighted by Crippen LogP contribution is -1.94. The summed E-state index contributed by atoms with van der Waals surface area (Å²) in [6.07, 6.45) is 2.95. The lowest BCUT2D eigenvalue weighted by Gasteiger charge is -2.02. The Hall–Kier alpha value is -1.36. The summed E-state index contributed by atoms with van der Waals surface area (Å²) in [5, 5.41) is 13.5. The maximum atomic E-state index is 9.54. The molecule has 0 aliphatic heterocycles. The monoisotopic (exact) mass is 239 g/mol. The van der Waals surface area contributed by atoms with Gasteiger partial charge in [-0.2, -0.15) is 5.10 Å². The van der Waals surface area contributed by atoms with Gasteiger partial charge in [0.15, 0.2) is 0 Å². The first-order valence-electron chi connectivity index (χ1n) is 3.61. The number of phenolic OH excluding ortho intramolecular Hbond substituents is 1. The highest BCUT2D eigenvalue weighted by Gasteiger charge is 2.03. The molecule has 2 rings (SSSR count). The van der Waals surface area contributed by atoms with Gasteiger partial charge in [-0.3, -0.25) is 0 Å². The van der Waals surface area contributed by atoms with Crippen LogP contribution in [0.5, 0.6) is 5.75 Å². The number of hydrogen-bond acceptors (Lipinski definition) is 3. The minimum absolute atomic E-state index is 0.167. The van der Waals surface area contributed by atoms with E-state index in [9.17, 15) is 5.11 Å². The first kappa shape index (κ1) is 8.25. The maximum absolute atomic E-state index is 9.54. The summed E-state index contributed by atoms with van der Waals surface area (Å²) in [5.41, 5.74) is 0.612. The third kappa shape index (κ3) is 1.55. The molecule has 0 saturated heterocycles. The van der Waals surface area contributed by atoms with E-state index in [-0.39, 0.29) is 5.75 Å². The summed E-state index contributed by atoms with van der Waals surface area (Å²) < 4.78 is 2.33. The lowest BCUT2D eigenvalue weighted by atomic mass is 10.3. The molecule has 4 nitrogen and oxygen atoms in total. The first-order valence-corrected chi connectivity index (χ1v) is 4.40. The average Bonchev–Trinajstić information content (AvgIpc) is 2.56. The van der Waals surface area contributed by atoms with Gasteiger partial charge in [-0.15, -0.1) is 0 Å². The van der Waals surface area contributed by atoms with Gasteiger partial charge in [0.2, 0.25) is 0 Å². The number of benzene rings is 1. The fourth-order valence-electron chi connectivity index (χ4n) is 1.02. The highest BCUT2D eigenvalue weighted by molar-refractivity contribution is 9.10. The van der Waals surface area contributed by atoms with Gasteiger partial charge < -0.3 is 5.11 Å². The second kappa shape index (κ2) is 3.18. The Kier molecular flexibility index (Phi) is 2.02. The molecule has 0 aliphatic rings. The van der Waals surface area contributed by atoms with Crippen LogP contribution in [0.25, 0.3) is 5.69 Å². The Bertz CT molecular complexity index is 413. The molecular weight excluding hydrogens is 234 g/mol. The van der Waals surface area contributed by atoms with E-state index < -0.39 is 0 Å². The van der Waals surface area contributed by atoms with Gasteiger partial charge in [0.25, 0.3) is 0 Å². The number of nitrogens with zero attached hydrogens (tertiary/aromatic N) is 3. The fraction of sp³-hybridized carbons (Fsp3) is 0. The normalized spacial score (nSPS) is 10.2. The van der Waals surface area contributed by atoms with Gasteiger partial charge in [0.1, 0.15) is 24.1 Å². The highest BCUT2D eigenvalue weighted by Crippen LogP contribution is 2.24. The molecular formula is C8H6BrN3O. The molecule has 1 aromatic heterocycles. The van der Waals surface area contributed by atoms with Gasteiger partial charge in [-0.25, -0.2) is 9.67 Å². The smallest absolute Gasteiger partial charge is 0.142 e. The van der Waals surface area contributed by atoms with Gasteiger partial charge in [0.05, 0.1) is 0 Å². The Morgan fingerprint density at radius 1 is 1.38 bits per heavy atom. The van der Waals surface area contributed by atoms with E-state index in [0.717, 1.165) is 4.47 Å². The van der Waals surface area contributed by atoms with Crippen LogP contribution in [0.2, 0.25) is 0 Å². The van der Waals surface area contributed by atoms with Crippen molar-refractivity contribution < 1.29 is 5.11 Å². The molecule has 0 spiro atoms. The van der Waals surface area contributed by atoms with E-state index in [0.29, 0.717) is 5.69 Å². The molecule has 0 atom stereocenters. The summed E-state index contributed by atoms with van der Waals surface area (Å²) in [7, 11) is 0. The van der Waals surface area contributed by atoms with Crippen LogP contribution in [-0.2, 0) is 0 Å². The predicted molar refractivity (Wildman–Crippen MR) is 50.7 cm³/mol. The van der Waals surface area contributed by atoms with Gasteiger partial charge in [-0.1, -0.05) is 15.9 Å². The molecule has 1 N–H and O–H groups in total. The summed E-state index contributed by atoms with van der Waals surface area (Å²) in [6.45, 7) is 0. The largest absolute Gasteiger partial charge is 0.506 e. The van der Waals surface area contributed by atoms with Crippen LogP contribution in [-0.4, -0.2) is 19.9 Å². The quantitative estimate of drug-likeness (QED) is 0.825. The Morgan fingerprint density at radius 2 is 2.23 bits per heavy atom. The number of aromatic hydroxyl groups is 1. The molecule has 0 fully saturated rings. The van der Waals surface area contributed by atoms with Crippen molar-refractivity contribution in [3.8, 4) is 11.4 Å². The van der Waals surface area contributed by atoms with Crippen molar-refractivity contribution in [2.75, 3.05) is 0 Å². The fourth-order valence-corrected chi connectivity index (χ4v) is 1.37. The van der Waals surface area contributed by atoms with Crippen LogP contribution in [0, 0.1) is 0 Å².